The summed E-state index contributed by atoms with van der Waals surface area (Å²) in [5.41, 5.74) is 1.29. The van der Waals surface area contributed by atoms with Crippen molar-refractivity contribution >= 4 is 0 Å². The van der Waals surface area contributed by atoms with E-state index in [-0.39, 0.29) is 0 Å². The topological polar surface area (TPSA) is 0 Å². The number of allylic oxidation sites excluding steroid dienone is 3. The highest BCUT2D eigenvalue weighted by Crippen LogP contribution is 2.07. The molecule has 0 rings (SSSR count). The summed E-state index contributed by atoms with van der Waals surface area (Å²) in [5, 5.41) is 0. The Kier molecular flexibility index (Phi) is 8.20. The Hall–Kier alpha value is -0.520. The molecule has 0 aliphatic rings. The lowest BCUT2D eigenvalue weighted by molar-refractivity contribution is 0.794. The molecule has 0 heterocycles. The zero-order valence-electron chi connectivity index (χ0n) is 8.60. The van der Waals surface area contributed by atoms with E-state index in [1.54, 1.807) is 0 Å². The van der Waals surface area contributed by atoms with E-state index in [1.807, 2.05) is 0 Å². The molecule has 0 aromatic carbocycles. The highest BCUT2D eigenvalue weighted by Gasteiger charge is 1.87. The zero-order chi connectivity index (χ0) is 9.23. The van der Waals surface area contributed by atoms with Crippen molar-refractivity contribution in [2.24, 2.45) is 0 Å². The Morgan fingerprint density at radius 1 is 1.17 bits per heavy atom. The van der Waals surface area contributed by atoms with Crippen LogP contribution in [0.5, 0.6) is 0 Å². The second-order valence-electron chi connectivity index (χ2n) is 3.31. The molecule has 0 N–H and O–H groups in total. The van der Waals surface area contributed by atoms with Gasteiger partial charge in [-0.3, -0.25) is 0 Å². The Morgan fingerprint density at radius 2 is 1.83 bits per heavy atom. The van der Waals surface area contributed by atoms with Crippen LogP contribution >= 0.6 is 0 Å². The lowest BCUT2D eigenvalue weighted by Crippen LogP contribution is -1.76. The maximum Gasteiger partial charge on any atom is -0.0285 e. The average Bonchev–Trinajstić information content (AvgIpc) is 2.09. The summed E-state index contributed by atoms with van der Waals surface area (Å²) in [5.74, 6) is 0. The van der Waals surface area contributed by atoms with Gasteiger partial charge in [-0.15, -0.1) is 0 Å². The first-order valence-electron chi connectivity index (χ1n) is 5.15. The number of hydrogen-bond acceptors (Lipinski definition) is 0. The molecule has 0 aromatic heterocycles. The van der Waals surface area contributed by atoms with Gasteiger partial charge in [0.2, 0.25) is 0 Å². The van der Waals surface area contributed by atoms with Crippen LogP contribution < -0.4 is 0 Å². The van der Waals surface area contributed by atoms with E-state index < -0.39 is 0 Å². The third-order valence-electron chi connectivity index (χ3n) is 1.93. The van der Waals surface area contributed by atoms with E-state index in [0.29, 0.717) is 0 Å². The molecule has 0 heteroatoms. The first kappa shape index (κ1) is 11.5. The predicted molar refractivity (Wildman–Crippen MR) is 57.3 cm³/mol. The summed E-state index contributed by atoms with van der Waals surface area (Å²) in [6, 6.07) is 0. The summed E-state index contributed by atoms with van der Waals surface area (Å²) < 4.78 is 0. The number of unbranched alkanes of at least 4 members (excludes halogenated alkanes) is 3. The van der Waals surface area contributed by atoms with Crippen LogP contribution in [0.3, 0.4) is 0 Å². The molecular formula is C12H22. The molecule has 0 spiro atoms. The molecule has 0 bridgehead atoms. The van der Waals surface area contributed by atoms with Gasteiger partial charge in [-0.1, -0.05) is 57.4 Å². The molecule has 70 valence electrons. The Labute approximate surface area is 77.4 Å². The lowest BCUT2D eigenvalue weighted by atomic mass is 10.1. The van der Waals surface area contributed by atoms with Crippen molar-refractivity contribution in [1.29, 1.82) is 0 Å². The second kappa shape index (κ2) is 8.58. The van der Waals surface area contributed by atoms with Crippen molar-refractivity contribution in [2.75, 3.05) is 0 Å². The molecule has 0 unspecified atom stereocenters. The maximum absolute atomic E-state index is 4.00. The first-order chi connectivity index (χ1) is 5.81. The fraction of sp³-hybridized carbons (Fsp3) is 0.667. The van der Waals surface area contributed by atoms with Crippen molar-refractivity contribution in [3.05, 3.63) is 24.3 Å². The average molecular weight is 166 g/mol. The van der Waals surface area contributed by atoms with Gasteiger partial charge in [0.1, 0.15) is 0 Å². The van der Waals surface area contributed by atoms with Gasteiger partial charge in [0, 0.05) is 0 Å². The molecule has 0 saturated carbocycles. The van der Waals surface area contributed by atoms with Crippen LogP contribution in [0.15, 0.2) is 24.3 Å². The first-order valence-corrected chi connectivity index (χ1v) is 5.15. The molecule has 0 atom stereocenters. The minimum absolute atomic E-state index is 1.17. The smallest absolute Gasteiger partial charge is 0.0285 e. The van der Waals surface area contributed by atoms with Crippen LogP contribution in [-0.4, -0.2) is 0 Å². The summed E-state index contributed by atoms with van der Waals surface area (Å²) in [6.45, 7) is 8.44. The largest absolute Gasteiger partial charge is 0.0958 e. The van der Waals surface area contributed by atoms with Gasteiger partial charge in [-0.2, -0.15) is 0 Å². The minimum Gasteiger partial charge on any atom is -0.0958 e. The van der Waals surface area contributed by atoms with Crippen LogP contribution in [-0.2, 0) is 0 Å². The number of hydrogen-bond donors (Lipinski definition) is 0. The molecule has 0 saturated heterocycles. The van der Waals surface area contributed by atoms with E-state index >= 15 is 0 Å². The maximum atomic E-state index is 4.00. The van der Waals surface area contributed by atoms with E-state index in [0.717, 1.165) is 0 Å². The van der Waals surface area contributed by atoms with E-state index in [4.69, 9.17) is 0 Å². The van der Waals surface area contributed by atoms with E-state index in [9.17, 15) is 0 Å². The predicted octanol–water partition coefficient (Wildman–Crippen LogP) is 4.48. The summed E-state index contributed by atoms with van der Waals surface area (Å²) in [6.07, 6.45) is 11.9. The van der Waals surface area contributed by atoms with Gasteiger partial charge < -0.3 is 0 Å². The van der Waals surface area contributed by atoms with Crippen molar-refractivity contribution < 1.29 is 0 Å². The van der Waals surface area contributed by atoms with E-state index in [2.05, 4.69) is 32.6 Å². The third kappa shape index (κ3) is 7.59. The van der Waals surface area contributed by atoms with Crippen LogP contribution in [0.1, 0.15) is 52.4 Å². The Balaban J connectivity index is 3.34. The van der Waals surface area contributed by atoms with Gasteiger partial charge in [0.05, 0.1) is 0 Å². The Morgan fingerprint density at radius 3 is 2.42 bits per heavy atom. The van der Waals surface area contributed by atoms with Crippen molar-refractivity contribution in [2.45, 2.75) is 52.4 Å². The monoisotopic (exact) mass is 166 g/mol. The van der Waals surface area contributed by atoms with Crippen LogP contribution in [0.4, 0.5) is 0 Å². The summed E-state index contributed by atoms with van der Waals surface area (Å²) >= 11 is 0. The molecule has 0 aliphatic carbocycles. The normalized spacial score (nSPS) is 10.8. The highest BCUT2D eigenvalue weighted by atomic mass is 13.9. The quantitative estimate of drug-likeness (QED) is 0.386. The molecule has 0 amide bonds. The SMILES string of the molecule is C=C(/C=C/CCCC)CCCC. The molecule has 0 fully saturated rings. The number of rotatable bonds is 7. The van der Waals surface area contributed by atoms with Gasteiger partial charge in [-0.25, -0.2) is 0 Å². The standard InChI is InChI=1S/C12H22/c1-4-6-8-9-11-12(3)10-7-5-2/h9,11H,3-8,10H2,1-2H3/b11-9+. The fourth-order valence-electron chi connectivity index (χ4n) is 1.06. The van der Waals surface area contributed by atoms with Gasteiger partial charge in [0.15, 0.2) is 0 Å². The minimum atomic E-state index is 1.17. The van der Waals surface area contributed by atoms with Crippen molar-refractivity contribution in [3.8, 4) is 0 Å². The van der Waals surface area contributed by atoms with Crippen LogP contribution in [0.25, 0.3) is 0 Å². The summed E-state index contributed by atoms with van der Waals surface area (Å²) in [4.78, 5) is 0. The van der Waals surface area contributed by atoms with Gasteiger partial charge in [-0.05, 0) is 19.3 Å². The zero-order valence-corrected chi connectivity index (χ0v) is 8.60. The summed E-state index contributed by atoms with van der Waals surface area (Å²) in [7, 11) is 0. The fourth-order valence-corrected chi connectivity index (χ4v) is 1.06. The highest BCUT2D eigenvalue weighted by molar-refractivity contribution is 5.13. The molecule has 0 nitrogen and oxygen atoms in total. The van der Waals surface area contributed by atoms with Gasteiger partial charge in [0.25, 0.3) is 0 Å². The van der Waals surface area contributed by atoms with Crippen molar-refractivity contribution in [1.82, 2.24) is 0 Å². The molecule has 0 aromatic rings. The lowest BCUT2D eigenvalue weighted by Gasteiger charge is -1.96. The molecule has 12 heavy (non-hydrogen) atoms. The van der Waals surface area contributed by atoms with E-state index in [1.165, 1.54) is 44.1 Å². The third-order valence-corrected chi connectivity index (χ3v) is 1.93. The molecule has 0 radical (unpaired) electrons. The van der Waals surface area contributed by atoms with Gasteiger partial charge >= 0.3 is 0 Å². The van der Waals surface area contributed by atoms with Crippen LogP contribution in [0.2, 0.25) is 0 Å². The van der Waals surface area contributed by atoms with Crippen LogP contribution in [0, 0.1) is 0 Å². The van der Waals surface area contributed by atoms with Crippen molar-refractivity contribution in [3.63, 3.8) is 0 Å². The molecular weight excluding hydrogens is 144 g/mol. The molecule has 0 aliphatic heterocycles. The second-order valence-corrected chi connectivity index (χ2v) is 3.31. The Bertz CT molecular complexity index is 131.